The normalized spacial score (nSPS) is 14.9. The van der Waals surface area contributed by atoms with Gasteiger partial charge in [-0.1, -0.05) is 6.07 Å². The minimum atomic E-state index is -0.409. The van der Waals surface area contributed by atoms with Gasteiger partial charge in [-0.25, -0.2) is 0 Å². The molecule has 2 heterocycles. The van der Waals surface area contributed by atoms with E-state index in [9.17, 15) is 5.11 Å². The number of hydrogen-bond acceptors (Lipinski definition) is 4. The summed E-state index contributed by atoms with van der Waals surface area (Å²) < 4.78 is 0. The lowest BCUT2D eigenvalue weighted by Gasteiger charge is -2.15. The predicted octanol–water partition coefficient (Wildman–Crippen LogP) is 3.19. The molecule has 2 aromatic rings. The molecule has 0 aliphatic heterocycles. The first-order valence-corrected chi connectivity index (χ1v) is 7.06. The highest BCUT2D eigenvalue weighted by atomic mass is 32.1. The van der Waals surface area contributed by atoms with Gasteiger partial charge in [0.1, 0.15) is 0 Å². The topological polar surface area (TPSA) is 32.3 Å². The van der Waals surface area contributed by atoms with Gasteiger partial charge in [0.2, 0.25) is 0 Å². The van der Waals surface area contributed by atoms with E-state index >= 15 is 0 Å². The molecule has 0 spiro atoms. The summed E-state index contributed by atoms with van der Waals surface area (Å²) in [5.74, 6) is 0. The fourth-order valence-electron chi connectivity index (χ4n) is 1.51. The Morgan fingerprint density at radius 1 is 1.38 bits per heavy atom. The van der Waals surface area contributed by atoms with Gasteiger partial charge in [-0.2, -0.15) is 11.3 Å². The number of aliphatic hydroxyl groups is 1. The lowest BCUT2D eigenvalue weighted by atomic mass is 10.2. The molecule has 86 valence electrons. The highest BCUT2D eigenvalue weighted by molar-refractivity contribution is 7.10. The first-order valence-electron chi connectivity index (χ1n) is 5.24. The smallest absolute Gasteiger partial charge is 0.0922 e. The van der Waals surface area contributed by atoms with Crippen LogP contribution >= 0.6 is 22.7 Å². The summed E-state index contributed by atoms with van der Waals surface area (Å²) in [6.45, 7) is 2.71. The lowest BCUT2D eigenvalue weighted by molar-refractivity contribution is 0.171. The van der Waals surface area contributed by atoms with Crippen molar-refractivity contribution in [1.82, 2.24) is 5.32 Å². The van der Waals surface area contributed by atoms with Crippen molar-refractivity contribution in [1.29, 1.82) is 0 Å². The second-order valence-corrected chi connectivity index (χ2v) is 5.48. The standard InChI is InChI=1S/C12H15NOS2/c1-9(12-3-2-5-16-12)13-7-11(14)10-4-6-15-8-10/h2-6,8-9,11,13-14H,7H2,1H3. The summed E-state index contributed by atoms with van der Waals surface area (Å²) in [6, 6.07) is 6.42. The minimum Gasteiger partial charge on any atom is -0.387 e. The third kappa shape index (κ3) is 2.92. The van der Waals surface area contributed by atoms with Crippen LogP contribution in [0.15, 0.2) is 34.3 Å². The van der Waals surface area contributed by atoms with E-state index in [0.717, 1.165) is 5.56 Å². The molecule has 16 heavy (non-hydrogen) atoms. The van der Waals surface area contributed by atoms with Crippen LogP contribution < -0.4 is 5.32 Å². The lowest BCUT2D eigenvalue weighted by Crippen LogP contribution is -2.23. The Hall–Kier alpha value is -0.680. The van der Waals surface area contributed by atoms with Gasteiger partial charge in [0.05, 0.1) is 6.10 Å². The molecular weight excluding hydrogens is 238 g/mol. The molecule has 0 amide bonds. The summed E-state index contributed by atoms with van der Waals surface area (Å²) in [7, 11) is 0. The van der Waals surface area contributed by atoms with Crippen LogP contribution in [0.5, 0.6) is 0 Å². The highest BCUT2D eigenvalue weighted by Gasteiger charge is 2.11. The Morgan fingerprint density at radius 3 is 2.88 bits per heavy atom. The zero-order valence-electron chi connectivity index (χ0n) is 9.09. The fraction of sp³-hybridized carbons (Fsp3) is 0.333. The Labute approximate surface area is 104 Å². The molecule has 0 saturated heterocycles. The van der Waals surface area contributed by atoms with E-state index in [1.54, 1.807) is 22.7 Å². The first-order chi connectivity index (χ1) is 7.77. The maximum Gasteiger partial charge on any atom is 0.0922 e. The Bertz CT molecular complexity index is 356. The van der Waals surface area contributed by atoms with E-state index in [1.165, 1.54) is 4.88 Å². The van der Waals surface area contributed by atoms with Gasteiger partial charge < -0.3 is 10.4 Å². The van der Waals surface area contributed by atoms with E-state index < -0.39 is 6.10 Å². The summed E-state index contributed by atoms with van der Waals surface area (Å²) in [5, 5.41) is 19.3. The predicted molar refractivity (Wildman–Crippen MR) is 70.0 cm³/mol. The number of aliphatic hydroxyl groups excluding tert-OH is 1. The summed E-state index contributed by atoms with van der Waals surface area (Å²) in [5.41, 5.74) is 0.996. The summed E-state index contributed by atoms with van der Waals surface area (Å²) in [6.07, 6.45) is -0.409. The summed E-state index contributed by atoms with van der Waals surface area (Å²) in [4.78, 5) is 1.30. The quantitative estimate of drug-likeness (QED) is 0.857. The van der Waals surface area contributed by atoms with E-state index in [2.05, 4.69) is 23.7 Å². The fourth-order valence-corrected chi connectivity index (χ4v) is 2.98. The van der Waals surface area contributed by atoms with Crippen molar-refractivity contribution in [3.8, 4) is 0 Å². The first kappa shape index (κ1) is 11.8. The van der Waals surface area contributed by atoms with Crippen molar-refractivity contribution in [3.63, 3.8) is 0 Å². The van der Waals surface area contributed by atoms with Crippen LogP contribution in [-0.2, 0) is 0 Å². The largest absolute Gasteiger partial charge is 0.387 e. The number of nitrogens with one attached hydrogen (secondary N) is 1. The van der Waals surface area contributed by atoms with Crippen LogP contribution in [-0.4, -0.2) is 11.7 Å². The molecule has 0 aromatic carbocycles. The van der Waals surface area contributed by atoms with Crippen LogP contribution in [0.3, 0.4) is 0 Å². The Kier molecular flexibility index (Phi) is 4.12. The molecule has 0 aliphatic carbocycles. The molecule has 2 N–H and O–H groups in total. The third-order valence-electron chi connectivity index (χ3n) is 2.52. The van der Waals surface area contributed by atoms with Crippen molar-refractivity contribution in [2.45, 2.75) is 19.1 Å². The molecule has 0 radical (unpaired) electrons. The Morgan fingerprint density at radius 2 is 2.25 bits per heavy atom. The monoisotopic (exact) mass is 253 g/mol. The molecule has 0 saturated carbocycles. The van der Waals surface area contributed by atoms with Gasteiger partial charge >= 0.3 is 0 Å². The van der Waals surface area contributed by atoms with E-state index in [-0.39, 0.29) is 0 Å². The van der Waals surface area contributed by atoms with Crippen molar-refractivity contribution in [2.24, 2.45) is 0 Å². The molecule has 2 atom stereocenters. The molecule has 0 aliphatic rings. The zero-order valence-corrected chi connectivity index (χ0v) is 10.7. The number of rotatable bonds is 5. The molecule has 0 bridgehead atoms. The van der Waals surface area contributed by atoms with Gasteiger partial charge in [0.25, 0.3) is 0 Å². The number of hydrogen-bond donors (Lipinski definition) is 2. The minimum absolute atomic E-state index is 0.299. The van der Waals surface area contributed by atoms with E-state index in [0.29, 0.717) is 12.6 Å². The average Bonchev–Trinajstić information content (AvgIpc) is 2.95. The van der Waals surface area contributed by atoms with Crippen LogP contribution in [0.1, 0.15) is 29.5 Å². The average molecular weight is 253 g/mol. The van der Waals surface area contributed by atoms with Crippen molar-refractivity contribution < 1.29 is 5.11 Å². The maximum absolute atomic E-state index is 9.90. The Balaban J connectivity index is 1.84. The summed E-state index contributed by atoms with van der Waals surface area (Å²) >= 11 is 3.35. The second-order valence-electron chi connectivity index (χ2n) is 3.72. The van der Waals surface area contributed by atoms with Crippen molar-refractivity contribution in [3.05, 3.63) is 44.8 Å². The van der Waals surface area contributed by atoms with Gasteiger partial charge in [-0.3, -0.25) is 0 Å². The molecule has 4 heteroatoms. The van der Waals surface area contributed by atoms with Crippen LogP contribution in [0.2, 0.25) is 0 Å². The highest BCUT2D eigenvalue weighted by Crippen LogP contribution is 2.20. The molecule has 2 nitrogen and oxygen atoms in total. The van der Waals surface area contributed by atoms with Crippen molar-refractivity contribution >= 4 is 22.7 Å². The van der Waals surface area contributed by atoms with E-state index in [4.69, 9.17) is 0 Å². The maximum atomic E-state index is 9.90. The second kappa shape index (κ2) is 5.59. The SMILES string of the molecule is CC(NCC(O)c1ccsc1)c1cccs1. The van der Waals surface area contributed by atoms with Gasteiger partial charge in [0, 0.05) is 17.5 Å². The van der Waals surface area contributed by atoms with Crippen LogP contribution in [0, 0.1) is 0 Å². The molecule has 2 rings (SSSR count). The van der Waals surface area contributed by atoms with Gasteiger partial charge in [-0.05, 0) is 40.8 Å². The zero-order chi connectivity index (χ0) is 11.4. The van der Waals surface area contributed by atoms with Gasteiger partial charge in [-0.15, -0.1) is 11.3 Å². The molecule has 2 aromatic heterocycles. The number of thiophene rings is 2. The van der Waals surface area contributed by atoms with Gasteiger partial charge in [0.15, 0.2) is 0 Å². The van der Waals surface area contributed by atoms with Crippen molar-refractivity contribution in [2.75, 3.05) is 6.54 Å². The van der Waals surface area contributed by atoms with Crippen LogP contribution in [0.4, 0.5) is 0 Å². The molecule has 2 unspecified atom stereocenters. The molecular formula is C12H15NOS2. The third-order valence-corrected chi connectivity index (χ3v) is 4.27. The molecule has 0 fully saturated rings. The van der Waals surface area contributed by atoms with Crippen LogP contribution in [0.25, 0.3) is 0 Å². The van der Waals surface area contributed by atoms with E-state index in [1.807, 2.05) is 22.9 Å².